The van der Waals surface area contributed by atoms with Crippen LogP contribution in [0.15, 0.2) is 35.7 Å². The summed E-state index contributed by atoms with van der Waals surface area (Å²) in [6.45, 7) is 4.15. The van der Waals surface area contributed by atoms with E-state index in [9.17, 15) is 4.79 Å². The van der Waals surface area contributed by atoms with Gasteiger partial charge in [0, 0.05) is 18.0 Å². The second-order valence-corrected chi connectivity index (χ2v) is 8.07. The summed E-state index contributed by atoms with van der Waals surface area (Å²) in [4.78, 5) is 23.3. The van der Waals surface area contributed by atoms with Gasteiger partial charge in [-0.1, -0.05) is 12.1 Å². The van der Waals surface area contributed by atoms with E-state index in [1.165, 1.54) is 25.9 Å². The summed E-state index contributed by atoms with van der Waals surface area (Å²) in [7, 11) is 0. The largest absolute Gasteiger partial charge is 0.334 e. The maximum atomic E-state index is 12.8. The molecule has 0 saturated carbocycles. The first-order valence-corrected chi connectivity index (χ1v) is 10.2. The maximum Gasteiger partial charge on any atom is 0.228 e. The molecular weight excluding hydrogens is 330 g/mol. The van der Waals surface area contributed by atoms with Crippen LogP contribution in [0.2, 0.25) is 0 Å². The van der Waals surface area contributed by atoms with E-state index < -0.39 is 0 Å². The van der Waals surface area contributed by atoms with Crippen LogP contribution in [0.5, 0.6) is 0 Å². The van der Waals surface area contributed by atoms with E-state index in [1.54, 1.807) is 11.3 Å². The molecule has 2 saturated heterocycles. The van der Waals surface area contributed by atoms with Crippen molar-refractivity contribution in [1.82, 2.24) is 14.8 Å². The standard InChI is InChI=1S/C20H25N3OS/c24-20(14-17-7-5-13-25-17)23-12-4-9-19(23)18-8-3-6-16(21-18)15-22-10-1-2-11-22/h3,5-8,13,19H,1-2,4,9-12,14-15H2/t19-/m0/s1. The molecule has 2 aromatic rings. The Hall–Kier alpha value is -1.72. The molecule has 132 valence electrons. The number of aromatic nitrogens is 1. The van der Waals surface area contributed by atoms with Gasteiger partial charge in [-0.3, -0.25) is 14.7 Å². The smallest absolute Gasteiger partial charge is 0.228 e. The molecule has 2 fully saturated rings. The Bertz CT molecular complexity index is 709. The Kier molecular flexibility index (Phi) is 5.13. The molecule has 0 unspecified atom stereocenters. The Labute approximate surface area is 153 Å². The summed E-state index contributed by atoms with van der Waals surface area (Å²) in [5.41, 5.74) is 2.20. The van der Waals surface area contributed by atoms with Crippen LogP contribution in [0.1, 0.15) is 48.0 Å². The topological polar surface area (TPSA) is 36.4 Å². The van der Waals surface area contributed by atoms with Crippen LogP contribution < -0.4 is 0 Å². The lowest BCUT2D eigenvalue weighted by molar-refractivity contribution is -0.131. The molecule has 5 heteroatoms. The lowest BCUT2D eigenvalue weighted by Gasteiger charge is -2.25. The minimum atomic E-state index is 0.144. The SMILES string of the molecule is O=C(Cc1cccs1)N1CCC[C@H]1c1cccc(CN2CCCC2)n1. The number of rotatable bonds is 5. The molecule has 0 radical (unpaired) electrons. The molecule has 0 aliphatic carbocycles. The number of amides is 1. The van der Waals surface area contributed by atoms with Crippen molar-refractivity contribution in [3.63, 3.8) is 0 Å². The quantitative estimate of drug-likeness (QED) is 0.821. The fourth-order valence-electron chi connectivity index (χ4n) is 3.98. The van der Waals surface area contributed by atoms with Gasteiger partial charge in [-0.15, -0.1) is 11.3 Å². The minimum absolute atomic E-state index is 0.144. The maximum absolute atomic E-state index is 12.8. The number of pyridine rings is 1. The van der Waals surface area contributed by atoms with Gasteiger partial charge in [0.2, 0.25) is 5.91 Å². The number of hydrogen-bond acceptors (Lipinski definition) is 4. The summed E-state index contributed by atoms with van der Waals surface area (Å²) in [5, 5.41) is 2.04. The first-order valence-electron chi connectivity index (χ1n) is 9.29. The highest BCUT2D eigenvalue weighted by Crippen LogP contribution is 2.32. The fraction of sp³-hybridized carbons (Fsp3) is 0.500. The van der Waals surface area contributed by atoms with E-state index in [0.717, 1.165) is 42.2 Å². The molecule has 4 nitrogen and oxygen atoms in total. The Morgan fingerprint density at radius 1 is 1.12 bits per heavy atom. The number of carbonyl (C=O) groups excluding carboxylic acids is 1. The van der Waals surface area contributed by atoms with Crippen LogP contribution in [0.25, 0.3) is 0 Å². The molecule has 1 amide bonds. The molecule has 2 aromatic heterocycles. The van der Waals surface area contributed by atoms with E-state index in [4.69, 9.17) is 4.98 Å². The second-order valence-electron chi connectivity index (χ2n) is 7.04. The van der Waals surface area contributed by atoms with Crippen LogP contribution >= 0.6 is 11.3 Å². The zero-order chi connectivity index (χ0) is 17.1. The second kappa shape index (κ2) is 7.67. The molecule has 0 spiro atoms. The van der Waals surface area contributed by atoms with Crippen LogP contribution in [0, 0.1) is 0 Å². The Balaban J connectivity index is 1.46. The molecule has 2 aliphatic heterocycles. The molecule has 2 aliphatic rings. The monoisotopic (exact) mass is 355 g/mol. The zero-order valence-electron chi connectivity index (χ0n) is 14.6. The molecule has 0 N–H and O–H groups in total. The van der Waals surface area contributed by atoms with Gasteiger partial charge in [0.05, 0.1) is 23.9 Å². The van der Waals surface area contributed by atoms with E-state index in [0.29, 0.717) is 6.42 Å². The molecule has 0 aromatic carbocycles. The number of nitrogens with zero attached hydrogens (tertiary/aromatic N) is 3. The van der Waals surface area contributed by atoms with Gasteiger partial charge in [0.15, 0.2) is 0 Å². The minimum Gasteiger partial charge on any atom is -0.334 e. The van der Waals surface area contributed by atoms with Gasteiger partial charge < -0.3 is 4.90 Å². The van der Waals surface area contributed by atoms with Crippen LogP contribution in [-0.4, -0.2) is 40.3 Å². The van der Waals surface area contributed by atoms with Crippen molar-refractivity contribution < 1.29 is 4.79 Å². The Morgan fingerprint density at radius 3 is 2.80 bits per heavy atom. The molecule has 1 atom stereocenters. The predicted molar refractivity (Wildman–Crippen MR) is 100 cm³/mol. The lowest BCUT2D eigenvalue weighted by Crippen LogP contribution is -2.32. The van der Waals surface area contributed by atoms with E-state index in [1.807, 2.05) is 22.4 Å². The van der Waals surface area contributed by atoms with Crippen molar-refractivity contribution in [3.05, 3.63) is 52.0 Å². The average molecular weight is 356 g/mol. The highest BCUT2D eigenvalue weighted by molar-refractivity contribution is 7.10. The third-order valence-electron chi connectivity index (χ3n) is 5.23. The zero-order valence-corrected chi connectivity index (χ0v) is 15.4. The number of thiophene rings is 1. The number of hydrogen-bond donors (Lipinski definition) is 0. The number of carbonyl (C=O) groups is 1. The van der Waals surface area contributed by atoms with E-state index in [-0.39, 0.29) is 11.9 Å². The van der Waals surface area contributed by atoms with Crippen molar-refractivity contribution in [2.45, 2.75) is 44.7 Å². The molecule has 4 rings (SSSR count). The molecule has 0 bridgehead atoms. The average Bonchev–Trinajstić information content (AvgIpc) is 3.37. The van der Waals surface area contributed by atoms with Crippen molar-refractivity contribution in [3.8, 4) is 0 Å². The first kappa shape index (κ1) is 16.7. The number of likely N-dealkylation sites (tertiary alicyclic amines) is 2. The highest BCUT2D eigenvalue weighted by atomic mass is 32.1. The van der Waals surface area contributed by atoms with Crippen molar-refractivity contribution in [2.75, 3.05) is 19.6 Å². The summed E-state index contributed by atoms with van der Waals surface area (Å²) in [6.07, 6.45) is 5.21. The fourth-order valence-corrected chi connectivity index (χ4v) is 4.67. The molecule has 4 heterocycles. The van der Waals surface area contributed by atoms with Gasteiger partial charge >= 0.3 is 0 Å². The first-order chi connectivity index (χ1) is 12.3. The van der Waals surface area contributed by atoms with Gasteiger partial charge in [-0.2, -0.15) is 0 Å². The van der Waals surface area contributed by atoms with E-state index in [2.05, 4.69) is 23.1 Å². The Morgan fingerprint density at radius 2 is 2.00 bits per heavy atom. The highest BCUT2D eigenvalue weighted by Gasteiger charge is 2.31. The van der Waals surface area contributed by atoms with Crippen molar-refractivity contribution in [1.29, 1.82) is 0 Å². The summed E-state index contributed by atoms with van der Waals surface area (Å²) in [5.74, 6) is 0.233. The van der Waals surface area contributed by atoms with Gasteiger partial charge in [0.1, 0.15) is 0 Å². The van der Waals surface area contributed by atoms with Gasteiger partial charge in [-0.25, -0.2) is 0 Å². The van der Waals surface area contributed by atoms with Gasteiger partial charge in [-0.05, 0) is 62.4 Å². The normalized spacial score (nSPS) is 21.1. The lowest BCUT2D eigenvalue weighted by atomic mass is 10.1. The summed E-state index contributed by atoms with van der Waals surface area (Å²) >= 11 is 1.66. The van der Waals surface area contributed by atoms with Gasteiger partial charge in [0.25, 0.3) is 0 Å². The van der Waals surface area contributed by atoms with Crippen molar-refractivity contribution >= 4 is 17.2 Å². The third-order valence-corrected chi connectivity index (χ3v) is 6.11. The third kappa shape index (κ3) is 3.93. The van der Waals surface area contributed by atoms with Crippen LogP contribution in [0.4, 0.5) is 0 Å². The van der Waals surface area contributed by atoms with Crippen LogP contribution in [-0.2, 0) is 17.8 Å². The molecule has 25 heavy (non-hydrogen) atoms. The van der Waals surface area contributed by atoms with Crippen molar-refractivity contribution in [2.24, 2.45) is 0 Å². The summed E-state index contributed by atoms with van der Waals surface area (Å²) in [6, 6.07) is 10.5. The predicted octanol–water partition coefficient (Wildman–Crippen LogP) is 3.65. The van der Waals surface area contributed by atoms with Crippen LogP contribution in [0.3, 0.4) is 0 Å². The molecular formula is C20H25N3OS. The van der Waals surface area contributed by atoms with E-state index >= 15 is 0 Å². The summed E-state index contributed by atoms with van der Waals surface area (Å²) < 4.78 is 0.